The average Bonchev–Trinajstić information content (AvgIpc) is 3.02. The van der Waals surface area contributed by atoms with Gasteiger partial charge in [-0.15, -0.1) is 11.3 Å². The Morgan fingerprint density at radius 2 is 1.70 bits per heavy atom. The van der Waals surface area contributed by atoms with E-state index in [1.807, 2.05) is 0 Å². The van der Waals surface area contributed by atoms with E-state index in [0.29, 0.717) is 0 Å². The molecule has 2 aromatic rings. The second-order valence-corrected chi connectivity index (χ2v) is 6.95. The molecule has 0 unspecified atom stereocenters. The van der Waals surface area contributed by atoms with Gasteiger partial charge in [0.15, 0.2) is 0 Å². The van der Waals surface area contributed by atoms with Crippen molar-refractivity contribution in [3.05, 3.63) is 55.4 Å². The largest absolute Gasteiger partial charge is 0.462 e. The normalized spacial score (nSPS) is 10.4. The van der Waals surface area contributed by atoms with Gasteiger partial charge in [0.25, 0.3) is 5.69 Å². The van der Waals surface area contributed by atoms with Crippen molar-refractivity contribution >= 4 is 39.9 Å². The number of hydrogen-bond donors (Lipinski definition) is 1. The summed E-state index contributed by atoms with van der Waals surface area (Å²) in [4.78, 5) is 47.7. The highest BCUT2D eigenvalue weighted by molar-refractivity contribution is 7.18. The zero-order valence-corrected chi connectivity index (χ0v) is 17.4. The molecular weight excluding hydrogens is 416 g/mol. The molecule has 2 rings (SSSR count). The summed E-state index contributed by atoms with van der Waals surface area (Å²) in [5, 5.41) is 11.3. The zero-order chi connectivity index (χ0) is 22.4. The number of thiophene rings is 1. The van der Waals surface area contributed by atoms with E-state index in [1.165, 1.54) is 25.1 Å². The van der Waals surface area contributed by atoms with E-state index in [9.17, 15) is 24.5 Å². The number of nitrogens with zero attached hydrogens (tertiary/aromatic N) is 1. The number of nitro benzene ring substituents is 1. The number of aryl methyl sites for hydroxylation is 1. The lowest BCUT2D eigenvalue weighted by Crippen LogP contribution is -2.15. The second kappa shape index (κ2) is 9.83. The van der Waals surface area contributed by atoms with E-state index in [0.717, 1.165) is 11.3 Å². The van der Waals surface area contributed by atoms with Crippen LogP contribution in [0.1, 0.15) is 55.4 Å². The summed E-state index contributed by atoms with van der Waals surface area (Å²) < 4.78 is 15.1. The van der Waals surface area contributed by atoms with Crippen molar-refractivity contribution in [2.45, 2.75) is 27.4 Å². The summed E-state index contributed by atoms with van der Waals surface area (Å²) in [6, 6.07) is 4.23. The molecule has 0 atom stereocenters. The maximum Gasteiger partial charge on any atom is 0.348 e. The Bertz CT molecular complexity index is 999. The minimum absolute atomic E-state index is 0.00379. The predicted octanol–water partition coefficient (Wildman–Crippen LogP) is 3.26. The lowest BCUT2D eigenvalue weighted by molar-refractivity contribution is -0.385. The molecule has 11 heteroatoms. The molecule has 0 aliphatic carbocycles. The minimum Gasteiger partial charge on any atom is -0.462 e. The summed E-state index contributed by atoms with van der Waals surface area (Å²) in [6.07, 6.45) is 0. The Labute approximate surface area is 175 Å². The maximum atomic E-state index is 12.5. The van der Waals surface area contributed by atoms with Crippen molar-refractivity contribution < 1.29 is 33.5 Å². The first-order valence-corrected chi connectivity index (χ1v) is 9.70. The van der Waals surface area contributed by atoms with Gasteiger partial charge >= 0.3 is 17.9 Å². The monoisotopic (exact) mass is 436 g/mol. The summed E-state index contributed by atoms with van der Waals surface area (Å²) in [5.74, 6) is -2.51. The summed E-state index contributed by atoms with van der Waals surface area (Å²) in [6.45, 7) is 4.32. The number of carbonyl (C=O) groups excluding carboxylic acids is 3. The maximum absolute atomic E-state index is 12.5. The first-order chi connectivity index (χ1) is 14.2. The van der Waals surface area contributed by atoms with Gasteiger partial charge in [0, 0.05) is 11.1 Å². The van der Waals surface area contributed by atoms with Crippen molar-refractivity contribution in [2.24, 2.45) is 0 Å². The minimum atomic E-state index is -0.986. The quantitative estimate of drug-likeness (QED) is 0.285. The molecule has 1 heterocycles. The molecule has 0 radical (unpaired) electrons. The van der Waals surface area contributed by atoms with Gasteiger partial charge in [0.2, 0.25) is 0 Å². The van der Waals surface area contributed by atoms with Crippen LogP contribution in [0.4, 0.5) is 10.7 Å². The van der Waals surface area contributed by atoms with Crippen LogP contribution in [0.15, 0.2) is 18.2 Å². The molecule has 0 spiro atoms. The Morgan fingerprint density at radius 1 is 1.07 bits per heavy atom. The molecular formula is C19H20N2O8S. The number of rotatable bonds is 8. The van der Waals surface area contributed by atoms with Gasteiger partial charge in [-0.05, 0) is 26.8 Å². The number of benzene rings is 1. The van der Waals surface area contributed by atoms with Crippen molar-refractivity contribution in [1.29, 1.82) is 0 Å². The molecule has 160 valence electrons. The van der Waals surface area contributed by atoms with Crippen molar-refractivity contribution in [2.75, 3.05) is 18.9 Å². The number of esters is 3. The Morgan fingerprint density at radius 3 is 2.30 bits per heavy atom. The highest BCUT2D eigenvalue weighted by Gasteiger charge is 2.30. The first-order valence-electron chi connectivity index (χ1n) is 8.89. The SMILES string of the molecule is CCOC(=O)c1sc(N)c(C(=O)OCC)c1COC(=O)c1cccc(C)c1[N+](=O)[O-]. The summed E-state index contributed by atoms with van der Waals surface area (Å²) in [5.41, 5.74) is 5.46. The molecule has 0 aliphatic heterocycles. The van der Waals surface area contributed by atoms with Crippen LogP contribution in [-0.2, 0) is 20.8 Å². The van der Waals surface area contributed by atoms with Crippen LogP contribution in [0.25, 0.3) is 0 Å². The lowest BCUT2D eigenvalue weighted by Gasteiger charge is -2.10. The summed E-state index contributed by atoms with van der Waals surface area (Å²) >= 11 is 0.804. The van der Waals surface area contributed by atoms with Gasteiger partial charge in [-0.3, -0.25) is 10.1 Å². The van der Waals surface area contributed by atoms with Gasteiger partial charge in [0.05, 0.1) is 18.1 Å². The Balaban J connectivity index is 2.41. The zero-order valence-electron chi connectivity index (χ0n) is 16.6. The van der Waals surface area contributed by atoms with Crippen LogP contribution < -0.4 is 5.73 Å². The third kappa shape index (κ3) is 4.74. The average molecular weight is 436 g/mol. The number of hydrogen-bond acceptors (Lipinski definition) is 10. The Hall–Kier alpha value is -3.47. The smallest absolute Gasteiger partial charge is 0.348 e. The highest BCUT2D eigenvalue weighted by Crippen LogP contribution is 2.33. The molecule has 0 aliphatic rings. The molecule has 1 aromatic heterocycles. The van der Waals surface area contributed by atoms with Crippen LogP contribution >= 0.6 is 11.3 Å². The van der Waals surface area contributed by atoms with Crippen LogP contribution in [0, 0.1) is 17.0 Å². The number of nitro groups is 1. The number of para-hydroxylation sites is 1. The van der Waals surface area contributed by atoms with Crippen molar-refractivity contribution in [3.63, 3.8) is 0 Å². The highest BCUT2D eigenvalue weighted by atomic mass is 32.1. The molecule has 0 bridgehead atoms. The molecule has 0 saturated heterocycles. The van der Waals surface area contributed by atoms with E-state index in [2.05, 4.69) is 0 Å². The fourth-order valence-corrected chi connectivity index (χ4v) is 3.65. The lowest BCUT2D eigenvalue weighted by atomic mass is 10.1. The number of anilines is 1. The first kappa shape index (κ1) is 22.8. The molecule has 30 heavy (non-hydrogen) atoms. The molecule has 10 nitrogen and oxygen atoms in total. The third-order valence-corrected chi connectivity index (χ3v) is 5.00. The number of nitrogen functional groups attached to an aromatic ring is 1. The molecule has 0 saturated carbocycles. The van der Waals surface area contributed by atoms with Gasteiger partial charge in [0.1, 0.15) is 27.6 Å². The van der Waals surface area contributed by atoms with Gasteiger partial charge in [-0.25, -0.2) is 14.4 Å². The Kier molecular flexibility index (Phi) is 7.48. The van der Waals surface area contributed by atoms with Crippen LogP contribution in [0.3, 0.4) is 0 Å². The van der Waals surface area contributed by atoms with E-state index >= 15 is 0 Å². The van der Waals surface area contributed by atoms with E-state index in [1.54, 1.807) is 13.8 Å². The molecule has 0 fully saturated rings. The second-order valence-electron chi connectivity index (χ2n) is 5.89. The molecule has 1 aromatic carbocycles. The number of carbonyl (C=O) groups is 3. The van der Waals surface area contributed by atoms with Crippen molar-refractivity contribution in [1.82, 2.24) is 0 Å². The van der Waals surface area contributed by atoms with Crippen LogP contribution in [0.2, 0.25) is 0 Å². The van der Waals surface area contributed by atoms with E-state index in [-0.39, 0.29) is 51.0 Å². The van der Waals surface area contributed by atoms with Gasteiger partial charge in [-0.1, -0.05) is 12.1 Å². The van der Waals surface area contributed by atoms with Crippen LogP contribution in [0.5, 0.6) is 0 Å². The molecule has 2 N–H and O–H groups in total. The fraction of sp³-hybridized carbons (Fsp3) is 0.316. The fourth-order valence-electron chi connectivity index (χ4n) is 2.69. The number of nitrogens with two attached hydrogens (primary N) is 1. The third-order valence-electron chi connectivity index (χ3n) is 3.96. The predicted molar refractivity (Wildman–Crippen MR) is 108 cm³/mol. The standard InChI is InChI=1S/C19H20N2O8S/c1-4-27-18(23)13-12(15(30-16(13)20)19(24)28-5-2)9-29-17(22)11-8-6-7-10(3)14(11)21(25)26/h6-8H,4-5,9,20H2,1-3H3. The van der Waals surface area contributed by atoms with Gasteiger partial charge in [-0.2, -0.15) is 0 Å². The van der Waals surface area contributed by atoms with E-state index < -0.39 is 29.4 Å². The summed E-state index contributed by atoms with van der Waals surface area (Å²) in [7, 11) is 0. The van der Waals surface area contributed by atoms with E-state index in [4.69, 9.17) is 19.9 Å². The van der Waals surface area contributed by atoms with Crippen LogP contribution in [-0.4, -0.2) is 36.0 Å². The topological polar surface area (TPSA) is 148 Å². The number of ether oxygens (including phenoxy) is 3. The molecule has 0 amide bonds. The van der Waals surface area contributed by atoms with Crippen molar-refractivity contribution in [3.8, 4) is 0 Å². The van der Waals surface area contributed by atoms with Gasteiger partial charge < -0.3 is 19.9 Å².